The van der Waals surface area contributed by atoms with E-state index in [1.54, 1.807) is 43.5 Å². The molecule has 3 fully saturated rings. The number of anilines is 4. The number of rotatable bonds is 16. The van der Waals surface area contributed by atoms with Crippen LogP contribution in [0.5, 0.6) is 5.75 Å². The second kappa shape index (κ2) is 19.1. The highest BCUT2D eigenvalue weighted by Crippen LogP contribution is 2.40. The molecule has 0 bridgehead atoms. The predicted octanol–water partition coefficient (Wildman–Crippen LogP) is 5.72. The normalized spacial score (nSPS) is 20.2. The topological polar surface area (TPSA) is 158 Å². The van der Waals surface area contributed by atoms with Gasteiger partial charge in [-0.15, -0.1) is 0 Å². The van der Waals surface area contributed by atoms with E-state index >= 15 is 0 Å². The molecule has 6 rings (SSSR count). The SMILES string of the molecule is CC[C@H]1C(=O)N(C)c2cnc(Nc3ccc(C(=O)NC4CCN(CCCC(=O)N[C@H](CC(C)C)C(=O)OC5CCCC5)CC4)cc3OC)nc2N1C1CCCC1. The van der Waals surface area contributed by atoms with Crippen LogP contribution in [-0.2, 0) is 19.1 Å². The summed E-state index contributed by atoms with van der Waals surface area (Å²) in [6, 6.07) is 4.74. The molecule has 0 unspecified atom stereocenters. The molecule has 14 heteroatoms. The Labute approximate surface area is 331 Å². The van der Waals surface area contributed by atoms with Crippen molar-refractivity contribution in [2.75, 3.05) is 48.9 Å². The van der Waals surface area contributed by atoms with Crippen LogP contribution in [0.4, 0.5) is 23.1 Å². The fourth-order valence-electron chi connectivity index (χ4n) is 8.74. The van der Waals surface area contributed by atoms with Crippen molar-refractivity contribution in [3.8, 4) is 5.75 Å². The van der Waals surface area contributed by atoms with Gasteiger partial charge in [-0.05, 0) is 101 Å². The van der Waals surface area contributed by atoms with E-state index in [4.69, 9.17) is 14.5 Å². The molecule has 1 saturated heterocycles. The van der Waals surface area contributed by atoms with Gasteiger partial charge in [0.25, 0.3) is 5.91 Å². The third-order valence-electron chi connectivity index (χ3n) is 11.8. The van der Waals surface area contributed by atoms with Gasteiger partial charge in [-0.3, -0.25) is 14.4 Å². The average Bonchev–Trinajstić information content (AvgIpc) is 3.92. The lowest BCUT2D eigenvalue weighted by Gasteiger charge is -2.43. The van der Waals surface area contributed by atoms with E-state index in [1.165, 1.54) is 0 Å². The highest BCUT2D eigenvalue weighted by Gasteiger charge is 2.41. The van der Waals surface area contributed by atoms with Crippen molar-refractivity contribution in [1.29, 1.82) is 0 Å². The van der Waals surface area contributed by atoms with Gasteiger partial charge in [0.15, 0.2) is 5.82 Å². The number of ether oxygens (including phenoxy) is 2. The molecule has 1 aromatic carbocycles. The number of likely N-dealkylation sites (tertiary alicyclic amines) is 1. The Morgan fingerprint density at radius 2 is 1.71 bits per heavy atom. The van der Waals surface area contributed by atoms with Crippen molar-refractivity contribution in [3.63, 3.8) is 0 Å². The van der Waals surface area contributed by atoms with Crippen molar-refractivity contribution in [1.82, 2.24) is 25.5 Å². The third kappa shape index (κ3) is 10.1. The smallest absolute Gasteiger partial charge is 0.328 e. The number of aromatic nitrogens is 2. The summed E-state index contributed by atoms with van der Waals surface area (Å²) in [5, 5.41) is 9.43. The first-order chi connectivity index (χ1) is 27.0. The molecule has 0 spiro atoms. The van der Waals surface area contributed by atoms with Gasteiger partial charge in [-0.1, -0.05) is 33.6 Å². The molecule has 14 nitrogen and oxygen atoms in total. The molecule has 2 saturated carbocycles. The van der Waals surface area contributed by atoms with Crippen LogP contribution in [0.25, 0.3) is 0 Å². The summed E-state index contributed by atoms with van der Waals surface area (Å²) in [4.78, 5) is 68.0. The van der Waals surface area contributed by atoms with Crippen LogP contribution >= 0.6 is 0 Å². The minimum Gasteiger partial charge on any atom is -0.495 e. The number of esters is 1. The van der Waals surface area contributed by atoms with Crippen LogP contribution in [0, 0.1) is 5.92 Å². The lowest BCUT2D eigenvalue weighted by Crippen LogP contribution is -2.55. The van der Waals surface area contributed by atoms with Crippen LogP contribution in [0.1, 0.15) is 121 Å². The number of carbonyl (C=O) groups is 4. The maximum absolute atomic E-state index is 13.4. The minimum atomic E-state index is -0.601. The Hall–Kier alpha value is -4.46. The number of fused-ring (bicyclic) bond motifs is 1. The van der Waals surface area contributed by atoms with Crippen molar-refractivity contribution in [3.05, 3.63) is 30.0 Å². The van der Waals surface area contributed by atoms with Gasteiger partial charge in [0, 0.05) is 44.2 Å². The maximum Gasteiger partial charge on any atom is 0.328 e. The number of amides is 3. The number of methoxy groups -OCH3 is 1. The van der Waals surface area contributed by atoms with Crippen molar-refractivity contribution in [2.24, 2.45) is 5.92 Å². The van der Waals surface area contributed by atoms with Crippen LogP contribution in [0.2, 0.25) is 0 Å². The molecule has 2 atom stereocenters. The predicted molar refractivity (Wildman–Crippen MR) is 216 cm³/mol. The van der Waals surface area contributed by atoms with Gasteiger partial charge in [0.05, 0.1) is 19.0 Å². The zero-order valence-electron chi connectivity index (χ0n) is 34.0. The Balaban J connectivity index is 0.976. The number of nitrogens with one attached hydrogen (secondary N) is 3. The zero-order chi connectivity index (χ0) is 39.8. The first-order valence-corrected chi connectivity index (χ1v) is 21.0. The van der Waals surface area contributed by atoms with Crippen LogP contribution in [0.3, 0.4) is 0 Å². The largest absolute Gasteiger partial charge is 0.495 e. The van der Waals surface area contributed by atoms with Gasteiger partial charge in [0.2, 0.25) is 17.8 Å². The van der Waals surface area contributed by atoms with Crippen molar-refractivity contribution >= 4 is 46.8 Å². The summed E-state index contributed by atoms with van der Waals surface area (Å²) >= 11 is 0. The van der Waals surface area contributed by atoms with Gasteiger partial charge < -0.3 is 40.1 Å². The van der Waals surface area contributed by atoms with Crippen LogP contribution in [-0.4, -0.2) is 103 Å². The molecule has 4 aliphatic rings. The molecule has 306 valence electrons. The first-order valence-electron chi connectivity index (χ1n) is 21.0. The summed E-state index contributed by atoms with van der Waals surface area (Å²) < 4.78 is 11.4. The summed E-state index contributed by atoms with van der Waals surface area (Å²) in [5.41, 5.74) is 1.83. The lowest BCUT2D eigenvalue weighted by atomic mass is 10.0. The van der Waals surface area contributed by atoms with Gasteiger partial charge in [-0.25, -0.2) is 9.78 Å². The quantitative estimate of drug-likeness (QED) is 0.179. The van der Waals surface area contributed by atoms with Crippen molar-refractivity contribution < 1.29 is 28.7 Å². The van der Waals surface area contributed by atoms with E-state index in [2.05, 4.69) is 30.7 Å². The molecular weight excluding hydrogens is 713 g/mol. The summed E-state index contributed by atoms with van der Waals surface area (Å²) in [6.07, 6.45) is 14.0. The van der Waals surface area contributed by atoms with E-state index in [1.807, 2.05) is 20.8 Å². The average molecular weight is 775 g/mol. The standard InChI is InChI=1S/C42H62N8O6/c1-6-34-40(53)48(4)35-26-43-42(47-38(35)50(34)30-12-7-8-13-30)46-32-18-17-28(25-36(32)55-5)39(52)44-29-19-22-49(23-20-29)21-11-16-37(51)45-33(24-27(2)3)41(54)56-31-14-9-10-15-31/h17-18,25-27,29-31,33-34H,6-16,19-24H2,1-5H3,(H,44,52)(H,45,51)(H,43,46,47)/t33-,34+/m1/s1. The zero-order valence-corrected chi connectivity index (χ0v) is 34.0. The number of hydrogen-bond donors (Lipinski definition) is 3. The number of nitrogens with zero attached hydrogens (tertiary/aromatic N) is 5. The number of hydrogen-bond acceptors (Lipinski definition) is 11. The number of piperidine rings is 1. The second-order valence-electron chi connectivity index (χ2n) is 16.4. The Kier molecular flexibility index (Phi) is 14.1. The molecule has 56 heavy (non-hydrogen) atoms. The van der Waals surface area contributed by atoms with Crippen LogP contribution < -0.4 is 30.5 Å². The van der Waals surface area contributed by atoms with Gasteiger partial charge in [-0.2, -0.15) is 4.98 Å². The van der Waals surface area contributed by atoms with Crippen LogP contribution in [0.15, 0.2) is 24.4 Å². The summed E-state index contributed by atoms with van der Waals surface area (Å²) in [7, 11) is 3.36. The Morgan fingerprint density at radius 3 is 2.39 bits per heavy atom. The third-order valence-corrected chi connectivity index (χ3v) is 11.8. The van der Waals surface area contributed by atoms with E-state index in [-0.39, 0.29) is 53.8 Å². The first kappa shape index (κ1) is 41.2. The van der Waals surface area contributed by atoms with Gasteiger partial charge in [0.1, 0.15) is 29.6 Å². The molecule has 0 radical (unpaired) electrons. The molecule has 3 N–H and O–H groups in total. The van der Waals surface area contributed by atoms with E-state index in [9.17, 15) is 19.2 Å². The molecule has 2 aromatic rings. The Morgan fingerprint density at radius 1 is 1.00 bits per heavy atom. The second-order valence-corrected chi connectivity index (χ2v) is 16.4. The molecule has 2 aliphatic heterocycles. The number of carbonyl (C=O) groups excluding carboxylic acids is 4. The molecule has 3 heterocycles. The number of likely N-dealkylation sites (N-methyl/N-ethyl adjacent to an activating group) is 1. The molecule has 3 amide bonds. The summed E-state index contributed by atoms with van der Waals surface area (Å²) in [6.45, 7) is 8.56. The Bertz CT molecular complexity index is 1680. The maximum atomic E-state index is 13.4. The van der Waals surface area contributed by atoms with E-state index in [0.29, 0.717) is 54.3 Å². The minimum absolute atomic E-state index is 0.0189. The molecule has 1 aromatic heterocycles. The monoisotopic (exact) mass is 774 g/mol. The highest BCUT2D eigenvalue weighted by atomic mass is 16.5. The lowest BCUT2D eigenvalue weighted by molar-refractivity contribution is -0.153. The van der Waals surface area contributed by atoms with Gasteiger partial charge >= 0.3 is 5.97 Å². The fraction of sp³-hybridized carbons (Fsp3) is 0.667. The molecule has 2 aliphatic carbocycles. The molecular formula is C42H62N8O6. The highest BCUT2D eigenvalue weighted by molar-refractivity contribution is 6.04. The van der Waals surface area contributed by atoms with E-state index < -0.39 is 6.04 Å². The van der Waals surface area contributed by atoms with E-state index in [0.717, 1.165) is 89.7 Å². The van der Waals surface area contributed by atoms with Crippen molar-refractivity contribution in [2.45, 2.75) is 141 Å². The summed E-state index contributed by atoms with van der Waals surface area (Å²) in [5.74, 6) is 1.39. The number of benzene rings is 1. The fourth-order valence-corrected chi connectivity index (χ4v) is 8.74.